The van der Waals surface area contributed by atoms with E-state index in [0.29, 0.717) is 74.8 Å². The number of nitrogens with zero attached hydrogens (tertiary/aromatic N) is 2. The average molecular weight is 1050 g/mol. The number of carbonyl (C=O) groups is 5. The van der Waals surface area contributed by atoms with E-state index in [1.165, 1.54) is 12.0 Å². The van der Waals surface area contributed by atoms with Crippen LogP contribution in [-0.4, -0.2) is 148 Å². The Kier molecular flexibility index (Phi) is 24.0. The van der Waals surface area contributed by atoms with Gasteiger partial charge in [0.15, 0.2) is 5.78 Å². The van der Waals surface area contributed by atoms with Gasteiger partial charge in [0.1, 0.15) is 42.5 Å². The molecule has 0 unspecified atom stereocenters. The number of fused-ring (bicyclic) bond motifs is 3. The Morgan fingerprint density at radius 2 is 1.65 bits per heavy atom. The third-order valence-electron chi connectivity index (χ3n) is 15.8. The number of esters is 1. The van der Waals surface area contributed by atoms with Crippen LogP contribution in [-0.2, 0) is 54.3 Å². The van der Waals surface area contributed by atoms with Crippen LogP contribution >= 0.6 is 0 Å². The molecule has 3 aliphatic heterocycles. The highest BCUT2D eigenvalue weighted by atomic mass is 16.6. The number of ether oxygens (including phenoxy) is 6. The van der Waals surface area contributed by atoms with Crippen LogP contribution in [0.4, 0.5) is 0 Å². The lowest BCUT2D eigenvalue weighted by Gasteiger charge is -2.43. The van der Waals surface area contributed by atoms with Crippen molar-refractivity contribution < 1.29 is 72.8 Å². The fourth-order valence-corrected chi connectivity index (χ4v) is 11.0. The number of aliphatic hydroxyl groups is 4. The molecule has 0 spiro atoms. The molecule has 1 amide bonds. The number of Topliss-reactive ketones (excluding diaryl/α,β-unsaturated/α-hetero) is 3. The fraction of sp³-hybridized carbons (Fsp3) is 0.690. The monoisotopic (exact) mass is 1050 g/mol. The van der Waals surface area contributed by atoms with Crippen molar-refractivity contribution in [3.63, 3.8) is 0 Å². The Hall–Kier alpha value is -4.46. The Balaban J connectivity index is 1.48. The number of aliphatic hydroxyl groups excluding tert-OH is 3. The maximum absolute atomic E-state index is 14.5. The maximum atomic E-state index is 14.5. The standard InChI is InChI=1S/C58H86N2O15/c1-35-15-11-10-12-16-36(2)49(73-34-43-20-22-45(33-59-43)72-26-25-61)31-44-21-18-41(7)58(69,75-44)55(66)56(67)60-24-14-13-17-46(60)57(68)74-50(38(4)29-42-19-23-47(62)51(30-42)70-8)32-48(63)37(3)28-40(6)53(65)54(71-9)52(64)39(5)27-35/h10-12,15-16,20,22,28,33,35,37-39,41-42,44,46-47,49-51,53-54,61-62,65,69H,13-14,17-19,21,23-27,29-32,34H2,1-9H3/b12-10+,15-11+,36-16+,40-28+/t35-,37-,38-,39-,41-,42+,44+,46+,47-,49-,50+,51-,53-,54+,58-/m1/s1. The molecule has 2 saturated heterocycles. The number of methoxy groups -OCH3 is 2. The smallest absolute Gasteiger partial charge is 0.329 e. The molecule has 15 atom stereocenters. The van der Waals surface area contributed by atoms with Crippen molar-refractivity contribution in [3.8, 4) is 5.75 Å². The zero-order valence-corrected chi connectivity index (χ0v) is 45.8. The molecule has 3 fully saturated rings. The van der Waals surface area contributed by atoms with Crippen LogP contribution in [0.3, 0.4) is 0 Å². The quantitative estimate of drug-likeness (QED) is 0.105. The molecule has 2 bridgehead atoms. The van der Waals surface area contributed by atoms with Crippen LogP contribution in [0, 0.1) is 35.5 Å². The van der Waals surface area contributed by atoms with Crippen LogP contribution in [0.1, 0.15) is 131 Å². The number of pyridine rings is 1. The molecule has 1 saturated carbocycles. The van der Waals surface area contributed by atoms with Crippen LogP contribution in [0.5, 0.6) is 5.75 Å². The van der Waals surface area contributed by atoms with Crippen LogP contribution in [0.15, 0.2) is 65.9 Å². The number of hydrogen-bond donors (Lipinski definition) is 4. The molecule has 1 aromatic rings. The summed E-state index contributed by atoms with van der Waals surface area (Å²) in [5.41, 5.74) is 1.78. The average Bonchev–Trinajstić information content (AvgIpc) is 3.39. The topological polar surface area (TPSA) is 238 Å². The van der Waals surface area contributed by atoms with Gasteiger partial charge in [-0.3, -0.25) is 24.2 Å². The lowest BCUT2D eigenvalue weighted by atomic mass is 9.78. The molecule has 75 heavy (non-hydrogen) atoms. The van der Waals surface area contributed by atoms with Gasteiger partial charge in [-0.1, -0.05) is 71.1 Å². The second-order valence-electron chi connectivity index (χ2n) is 21.7. The third-order valence-corrected chi connectivity index (χ3v) is 15.8. The van der Waals surface area contributed by atoms with Crippen LogP contribution < -0.4 is 4.74 Å². The van der Waals surface area contributed by atoms with Crippen LogP contribution in [0.25, 0.3) is 0 Å². The van der Waals surface area contributed by atoms with Gasteiger partial charge in [0.2, 0.25) is 5.79 Å². The molecule has 1 aromatic heterocycles. The predicted octanol–water partition coefficient (Wildman–Crippen LogP) is 6.52. The summed E-state index contributed by atoms with van der Waals surface area (Å²) in [7, 11) is 2.93. The summed E-state index contributed by atoms with van der Waals surface area (Å²) in [4.78, 5) is 77.2. The van der Waals surface area contributed by atoms with Crippen molar-refractivity contribution in [2.24, 2.45) is 35.5 Å². The molecule has 0 radical (unpaired) electrons. The van der Waals surface area contributed by atoms with Crippen molar-refractivity contribution in [1.82, 2.24) is 9.88 Å². The number of cyclic esters (lactones) is 1. The largest absolute Gasteiger partial charge is 0.490 e. The van der Waals surface area contributed by atoms with E-state index >= 15 is 0 Å². The van der Waals surface area contributed by atoms with Gasteiger partial charge in [0.25, 0.3) is 11.7 Å². The van der Waals surface area contributed by atoms with Gasteiger partial charge in [0, 0.05) is 51.4 Å². The van der Waals surface area contributed by atoms with Crippen molar-refractivity contribution in [1.29, 1.82) is 0 Å². The van der Waals surface area contributed by atoms with Gasteiger partial charge >= 0.3 is 5.97 Å². The molecule has 1 aliphatic carbocycles. The summed E-state index contributed by atoms with van der Waals surface area (Å²) in [5.74, 6) is -7.92. The highest BCUT2D eigenvalue weighted by Gasteiger charge is 2.53. The number of amides is 1. The minimum Gasteiger partial charge on any atom is -0.490 e. The number of hydrogen-bond acceptors (Lipinski definition) is 16. The molecular weight excluding hydrogens is 965 g/mol. The molecule has 4 heterocycles. The molecule has 4 aliphatic rings. The maximum Gasteiger partial charge on any atom is 0.329 e. The Morgan fingerprint density at radius 3 is 2.35 bits per heavy atom. The first-order chi connectivity index (χ1) is 35.7. The number of carbonyl (C=O) groups excluding carboxylic acids is 5. The van der Waals surface area contributed by atoms with Gasteiger partial charge < -0.3 is 53.7 Å². The van der Waals surface area contributed by atoms with E-state index in [9.17, 15) is 39.3 Å². The van der Waals surface area contributed by atoms with Crippen molar-refractivity contribution in [3.05, 3.63) is 71.6 Å². The van der Waals surface area contributed by atoms with E-state index in [2.05, 4.69) is 4.98 Å². The molecule has 17 heteroatoms. The summed E-state index contributed by atoms with van der Waals surface area (Å²) in [6, 6.07) is 2.30. The first-order valence-electron chi connectivity index (χ1n) is 27.1. The fourth-order valence-electron chi connectivity index (χ4n) is 11.0. The highest BCUT2D eigenvalue weighted by Crippen LogP contribution is 2.38. The number of rotatable bonds is 11. The molecule has 4 N–H and O–H groups in total. The summed E-state index contributed by atoms with van der Waals surface area (Å²) in [5, 5.41) is 43.4. The van der Waals surface area contributed by atoms with E-state index in [-0.39, 0.29) is 81.1 Å². The Labute approximate surface area is 444 Å². The number of piperidine rings is 1. The zero-order valence-electron chi connectivity index (χ0n) is 45.8. The summed E-state index contributed by atoms with van der Waals surface area (Å²) in [6.45, 7) is 12.7. The first-order valence-corrected chi connectivity index (χ1v) is 27.1. The van der Waals surface area contributed by atoms with Gasteiger partial charge in [-0.05, 0) is 119 Å². The van der Waals surface area contributed by atoms with Crippen LogP contribution in [0.2, 0.25) is 0 Å². The van der Waals surface area contributed by atoms with Crippen molar-refractivity contribution >= 4 is 29.2 Å². The first kappa shape index (κ1) is 61.4. The second-order valence-corrected chi connectivity index (χ2v) is 21.7. The third kappa shape index (κ3) is 17.0. The van der Waals surface area contributed by atoms with Gasteiger partial charge in [-0.25, -0.2) is 4.79 Å². The predicted molar refractivity (Wildman–Crippen MR) is 280 cm³/mol. The number of aromatic nitrogens is 1. The molecule has 418 valence electrons. The second kappa shape index (κ2) is 29.3. The summed E-state index contributed by atoms with van der Waals surface area (Å²) >= 11 is 0. The van der Waals surface area contributed by atoms with Gasteiger partial charge in [-0.2, -0.15) is 0 Å². The normalized spacial score (nSPS) is 36.5. The highest BCUT2D eigenvalue weighted by molar-refractivity contribution is 6.39. The summed E-state index contributed by atoms with van der Waals surface area (Å²) in [6.07, 6.45) is 11.8. The molecule has 17 nitrogen and oxygen atoms in total. The summed E-state index contributed by atoms with van der Waals surface area (Å²) < 4.78 is 35.7. The van der Waals surface area contributed by atoms with E-state index in [4.69, 9.17) is 33.5 Å². The Morgan fingerprint density at radius 1 is 0.893 bits per heavy atom. The van der Waals surface area contributed by atoms with E-state index in [1.807, 2.05) is 51.2 Å². The molecule has 5 rings (SSSR count). The number of allylic oxidation sites excluding steroid dienone is 6. The SMILES string of the molecule is CO[C@@H]1C[C@H](C[C@@H](C)[C@@H]2CC(=O)[C@H](C)/C=C(\C)[C@@H](O)[C@@H](OC)C(=O)[C@H](C)C[C@H](C)/C=C/C=C/C=C(\C)[C@H](OCc3ccc(OCCO)cn3)C[C@@H]3CC[C@@H](C)[C@@](O)(O3)C(=O)C(=O)N3CCCC[C@H]3C(=O)O2)CC[C@H]1O. The number of ketones is 3. The van der Waals surface area contributed by atoms with E-state index in [0.717, 1.165) is 5.57 Å². The van der Waals surface area contributed by atoms with E-state index < -0.39 is 83.9 Å². The van der Waals surface area contributed by atoms with Crippen molar-refractivity contribution in [2.75, 3.05) is 34.0 Å². The lowest BCUT2D eigenvalue weighted by molar-refractivity contribution is -0.266. The minimum atomic E-state index is -2.51. The van der Waals surface area contributed by atoms with Gasteiger partial charge in [0.05, 0.1) is 49.5 Å². The lowest BCUT2D eigenvalue weighted by Crippen LogP contribution is -2.61. The zero-order chi connectivity index (χ0) is 55.0. The van der Waals surface area contributed by atoms with Gasteiger partial charge in [-0.15, -0.1) is 0 Å². The minimum absolute atomic E-state index is 0.0295. The van der Waals surface area contributed by atoms with Crippen molar-refractivity contribution in [2.45, 2.75) is 187 Å². The van der Waals surface area contributed by atoms with E-state index in [1.54, 1.807) is 59.2 Å². The Bertz CT molecular complexity index is 2180. The molecular formula is C58H86N2O15. The molecule has 0 aromatic carbocycles.